The van der Waals surface area contributed by atoms with Crippen molar-refractivity contribution in [2.45, 2.75) is 19.4 Å². The van der Waals surface area contributed by atoms with Crippen molar-refractivity contribution >= 4 is 11.4 Å². The van der Waals surface area contributed by atoms with Gasteiger partial charge in [0.05, 0.1) is 22.8 Å². The van der Waals surface area contributed by atoms with Gasteiger partial charge in [0.15, 0.2) is 5.60 Å². The van der Waals surface area contributed by atoms with Crippen LogP contribution in [0, 0.1) is 13.8 Å². The molecule has 0 saturated heterocycles. The van der Waals surface area contributed by atoms with Gasteiger partial charge in [0.25, 0.3) is 0 Å². The van der Waals surface area contributed by atoms with E-state index in [1.807, 2.05) is 13.8 Å². The Morgan fingerprint density at radius 2 is 1.65 bits per heavy atom. The maximum atomic E-state index is 12.2. The molecule has 31 heavy (non-hydrogen) atoms. The topological polar surface area (TPSA) is 149 Å². The summed E-state index contributed by atoms with van der Waals surface area (Å²) in [5, 5.41) is 23.6. The molecule has 0 spiro atoms. The molecular formula is C22H21N7O2. The summed E-state index contributed by atoms with van der Waals surface area (Å²) in [6.07, 6.45) is 3.18. The lowest BCUT2D eigenvalue weighted by Gasteiger charge is -2.29. The number of rotatable bonds is 5. The molecule has 0 fully saturated rings. The van der Waals surface area contributed by atoms with E-state index in [0.717, 1.165) is 5.56 Å². The second-order valence-corrected chi connectivity index (χ2v) is 7.02. The quantitative estimate of drug-likeness (QED) is 0.195. The molecule has 3 aromatic heterocycles. The summed E-state index contributed by atoms with van der Waals surface area (Å²) in [6, 6.07) is 14.0. The zero-order chi connectivity index (χ0) is 22.0. The van der Waals surface area contributed by atoms with Crippen LogP contribution >= 0.6 is 0 Å². The smallest absolute Gasteiger partial charge is 0.176 e. The first-order valence-corrected chi connectivity index (χ1v) is 9.50. The number of benzene rings is 1. The SMILES string of the molecule is Cc1noc(C)c1-c1cc(N)c(N=NN)c(C(O)(c2ccccn2)c2ccccn2)c1. The molecule has 1 aromatic carbocycles. The highest BCUT2D eigenvalue weighted by Gasteiger charge is 2.40. The van der Waals surface area contributed by atoms with Crippen molar-refractivity contribution in [3.63, 3.8) is 0 Å². The molecule has 3 heterocycles. The summed E-state index contributed by atoms with van der Waals surface area (Å²) in [5.41, 5.74) is 8.24. The summed E-state index contributed by atoms with van der Waals surface area (Å²) in [5.74, 6) is 5.99. The number of nitrogen functional groups attached to an aromatic ring is 1. The van der Waals surface area contributed by atoms with Gasteiger partial charge in [0.2, 0.25) is 0 Å². The van der Waals surface area contributed by atoms with Crippen LogP contribution in [0.4, 0.5) is 11.4 Å². The molecule has 0 unspecified atom stereocenters. The molecule has 156 valence electrons. The number of aryl methyl sites for hydroxylation is 2. The minimum Gasteiger partial charge on any atom is -0.397 e. The van der Waals surface area contributed by atoms with E-state index in [9.17, 15) is 5.11 Å². The second kappa shape index (κ2) is 7.96. The molecule has 0 aliphatic carbocycles. The number of aromatic nitrogens is 3. The Balaban J connectivity index is 2.09. The van der Waals surface area contributed by atoms with Gasteiger partial charge in [-0.05, 0) is 55.8 Å². The molecule has 9 heteroatoms. The van der Waals surface area contributed by atoms with Crippen LogP contribution in [0.25, 0.3) is 11.1 Å². The normalized spacial score (nSPS) is 11.8. The maximum Gasteiger partial charge on any atom is 0.176 e. The van der Waals surface area contributed by atoms with Crippen LogP contribution in [0.5, 0.6) is 0 Å². The minimum absolute atomic E-state index is 0.219. The number of pyridine rings is 2. The fourth-order valence-corrected chi connectivity index (χ4v) is 3.70. The first-order chi connectivity index (χ1) is 15.0. The van der Waals surface area contributed by atoms with E-state index in [1.54, 1.807) is 60.9 Å². The van der Waals surface area contributed by atoms with Gasteiger partial charge >= 0.3 is 0 Å². The van der Waals surface area contributed by atoms with Crippen molar-refractivity contribution in [1.82, 2.24) is 15.1 Å². The lowest BCUT2D eigenvalue weighted by Crippen LogP contribution is -2.31. The molecule has 4 aromatic rings. The summed E-state index contributed by atoms with van der Waals surface area (Å²) in [4.78, 5) is 8.79. The third-order valence-corrected chi connectivity index (χ3v) is 5.08. The van der Waals surface area contributed by atoms with Crippen LogP contribution in [0.3, 0.4) is 0 Å². The average molecular weight is 415 g/mol. The summed E-state index contributed by atoms with van der Waals surface area (Å²) in [6.45, 7) is 3.64. The van der Waals surface area contributed by atoms with Crippen molar-refractivity contribution in [3.05, 3.63) is 89.3 Å². The van der Waals surface area contributed by atoms with Gasteiger partial charge in [-0.1, -0.05) is 22.5 Å². The summed E-state index contributed by atoms with van der Waals surface area (Å²) >= 11 is 0. The van der Waals surface area contributed by atoms with Gasteiger partial charge in [-0.2, -0.15) is 0 Å². The zero-order valence-electron chi connectivity index (χ0n) is 17.0. The van der Waals surface area contributed by atoms with Crippen molar-refractivity contribution < 1.29 is 9.63 Å². The summed E-state index contributed by atoms with van der Waals surface area (Å²) < 4.78 is 5.32. The van der Waals surface area contributed by atoms with Crippen molar-refractivity contribution in [2.24, 2.45) is 16.2 Å². The van der Waals surface area contributed by atoms with Crippen molar-refractivity contribution in [3.8, 4) is 11.1 Å². The molecule has 9 nitrogen and oxygen atoms in total. The molecular weight excluding hydrogens is 394 g/mol. The van der Waals surface area contributed by atoms with Crippen LogP contribution in [-0.2, 0) is 5.60 Å². The van der Waals surface area contributed by atoms with Crippen molar-refractivity contribution in [2.75, 3.05) is 5.73 Å². The third-order valence-electron chi connectivity index (χ3n) is 5.08. The van der Waals surface area contributed by atoms with E-state index in [1.165, 1.54) is 0 Å². The standard InChI is InChI=1S/C22H21N7O2/c1-13-20(14(2)31-28-13)15-11-16(21(27-29-24)17(23)12-15)22(30,18-7-3-5-9-25-18)19-8-4-6-10-26-19/h3-12,30H,23H2,1-2H3,(H2,24,27). The minimum atomic E-state index is -1.78. The van der Waals surface area contributed by atoms with Crippen LogP contribution in [0.15, 0.2) is 75.8 Å². The predicted octanol–water partition coefficient (Wildman–Crippen LogP) is 3.57. The van der Waals surface area contributed by atoms with E-state index >= 15 is 0 Å². The molecule has 0 aliphatic rings. The Kier molecular flexibility index (Phi) is 5.18. The van der Waals surface area contributed by atoms with E-state index in [-0.39, 0.29) is 11.4 Å². The van der Waals surface area contributed by atoms with Gasteiger partial charge in [-0.15, -0.1) is 5.11 Å². The average Bonchev–Trinajstić information content (AvgIpc) is 3.13. The van der Waals surface area contributed by atoms with Crippen LogP contribution in [0.1, 0.15) is 28.4 Å². The molecule has 0 bridgehead atoms. The Labute approximate surface area is 178 Å². The zero-order valence-corrected chi connectivity index (χ0v) is 17.0. The molecule has 0 amide bonds. The number of anilines is 1. The van der Waals surface area contributed by atoms with E-state index in [0.29, 0.717) is 34.0 Å². The Morgan fingerprint density at radius 1 is 1.00 bits per heavy atom. The monoisotopic (exact) mass is 415 g/mol. The highest BCUT2D eigenvalue weighted by atomic mass is 16.5. The fourth-order valence-electron chi connectivity index (χ4n) is 3.70. The van der Waals surface area contributed by atoms with Gasteiger partial charge in [0, 0.05) is 23.5 Å². The number of nitrogens with two attached hydrogens (primary N) is 2. The maximum absolute atomic E-state index is 12.2. The Bertz CT molecular complexity index is 1180. The molecule has 0 saturated carbocycles. The Hall–Kier alpha value is -4.11. The van der Waals surface area contributed by atoms with E-state index in [4.69, 9.17) is 16.1 Å². The van der Waals surface area contributed by atoms with Gasteiger partial charge in [-0.3, -0.25) is 9.97 Å². The molecule has 5 N–H and O–H groups in total. The van der Waals surface area contributed by atoms with E-state index in [2.05, 4.69) is 25.5 Å². The number of hydrogen-bond acceptors (Lipinski definition) is 8. The lowest BCUT2D eigenvalue weighted by atomic mass is 9.83. The van der Waals surface area contributed by atoms with Crippen LogP contribution in [-0.4, -0.2) is 20.2 Å². The van der Waals surface area contributed by atoms with Gasteiger partial charge in [-0.25, -0.2) is 0 Å². The number of nitrogens with zero attached hydrogens (tertiary/aromatic N) is 5. The molecule has 0 aliphatic heterocycles. The number of hydrogen-bond donors (Lipinski definition) is 3. The van der Waals surface area contributed by atoms with Crippen LogP contribution in [0.2, 0.25) is 0 Å². The Morgan fingerprint density at radius 3 is 2.13 bits per heavy atom. The lowest BCUT2D eigenvalue weighted by molar-refractivity contribution is 0.116. The van der Waals surface area contributed by atoms with Crippen molar-refractivity contribution in [1.29, 1.82) is 0 Å². The highest BCUT2D eigenvalue weighted by Crippen LogP contribution is 2.45. The predicted molar refractivity (Wildman–Crippen MR) is 115 cm³/mol. The van der Waals surface area contributed by atoms with Gasteiger partial charge < -0.3 is 21.2 Å². The first kappa shape index (κ1) is 20.2. The third kappa shape index (κ3) is 3.40. The van der Waals surface area contributed by atoms with Gasteiger partial charge in [0.1, 0.15) is 11.4 Å². The molecule has 0 atom stereocenters. The largest absolute Gasteiger partial charge is 0.397 e. The number of aliphatic hydroxyl groups is 1. The fraction of sp³-hybridized carbons (Fsp3) is 0.136. The summed E-state index contributed by atoms with van der Waals surface area (Å²) in [7, 11) is 0. The highest BCUT2D eigenvalue weighted by molar-refractivity contribution is 5.80. The van der Waals surface area contributed by atoms with E-state index < -0.39 is 5.60 Å². The molecule has 4 rings (SSSR count). The second-order valence-electron chi connectivity index (χ2n) is 7.02. The van der Waals surface area contributed by atoms with Crippen LogP contribution < -0.4 is 11.6 Å². The first-order valence-electron chi connectivity index (χ1n) is 9.50. The molecule has 0 radical (unpaired) electrons.